The molecule has 0 amide bonds. The molecule has 1 heterocycles. The van der Waals surface area contributed by atoms with Crippen molar-refractivity contribution in [3.63, 3.8) is 0 Å². The number of methoxy groups -OCH3 is 2. The maximum Gasteiger partial charge on any atom is 0.414 e. The summed E-state index contributed by atoms with van der Waals surface area (Å²) < 4.78 is 37.8. The van der Waals surface area contributed by atoms with Crippen LogP contribution >= 0.6 is 11.6 Å². The highest BCUT2D eigenvalue weighted by Crippen LogP contribution is 2.26. The number of benzene rings is 2. The van der Waals surface area contributed by atoms with Crippen molar-refractivity contribution >= 4 is 33.6 Å². The van der Waals surface area contributed by atoms with Gasteiger partial charge in [-0.15, -0.1) is 0 Å². The molecule has 33 heavy (non-hydrogen) atoms. The molecule has 0 aromatic heterocycles. The number of aliphatic carboxylic acids is 2. The molecule has 3 rings (SSSR count). The Morgan fingerprint density at radius 3 is 2.00 bits per heavy atom. The number of carboxylic acids is 2. The van der Waals surface area contributed by atoms with Crippen molar-refractivity contribution in [2.75, 3.05) is 40.4 Å². The summed E-state index contributed by atoms with van der Waals surface area (Å²) in [6.45, 7) is 2.85. The van der Waals surface area contributed by atoms with E-state index < -0.39 is 22.0 Å². The molecule has 0 spiro atoms. The molecule has 1 saturated heterocycles. The van der Waals surface area contributed by atoms with Crippen LogP contribution in [0.4, 0.5) is 0 Å². The molecule has 0 unspecified atom stereocenters. The highest BCUT2D eigenvalue weighted by Gasteiger charge is 2.28. The summed E-state index contributed by atoms with van der Waals surface area (Å²) in [5, 5.41) is 15.3. The lowest BCUT2D eigenvalue weighted by atomic mass is 10.1. The van der Waals surface area contributed by atoms with Gasteiger partial charge in [-0.25, -0.2) is 18.0 Å². The molecule has 1 aliphatic heterocycles. The Hall–Kier alpha value is -2.86. The van der Waals surface area contributed by atoms with Crippen molar-refractivity contribution in [2.45, 2.75) is 11.4 Å². The minimum Gasteiger partial charge on any atom is -0.497 e. The Morgan fingerprint density at radius 1 is 0.939 bits per heavy atom. The summed E-state index contributed by atoms with van der Waals surface area (Å²) in [7, 11) is -0.223. The topological polar surface area (TPSA) is 134 Å². The maximum atomic E-state index is 12.8. The molecule has 0 bridgehead atoms. The fraction of sp³-hybridized carbons (Fsp3) is 0.333. The van der Waals surface area contributed by atoms with Crippen molar-refractivity contribution in [1.82, 2.24) is 9.21 Å². The first-order chi connectivity index (χ1) is 15.6. The summed E-state index contributed by atoms with van der Waals surface area (Å²) in [6, 6.07) is 12.0. The van der Waals surface area contributed by atoms with Gasteiger partial charge in [-0.3, -0.25) is 4.90 Å². The van der Waals surface area contributed by atoms with Crippen LogP contribution in [0.3, 0.4) is 0 Å². The Balaban J connectivity index is 0.000000569. The average molecular weight is 501 g/mol. The third-order valence-electron chi connectivity index (χ3n) is 4.85. The summed E-state index contributed by atoms with van der Waals surface area (Å²) in [6.07, 6.45) is 0. The van der Waals surface area contributed by atoms with Crippen LogP contribution in [0.5, 0.6) is 11.5 Å². The van der Waals surface area contributed by atoms with Gasteiger partial charge in [0.25, 0.3) is 0 Å². The summed E-state index contributed by atoms with van der Waals surface area (Å²) in [4.78, 5) is 20.7. The number of rotatable bonds is 6. The van der Waals surface area contributed by atoms with E-state index >= 15 is 0 Å². The minimum atomic E-state index is -3.50. The molecule has 12 heteroatoms. The number of piperazine rings is 1. The van der Waals surface area contributed by atoms with E-state index in [-0.39, 0.29) is 4.90 Å². The number of ether oxygens (including phenoxy) is 2. The van der Waals surface area contributed by atoms with E-state index in [1.807, 2.05) is 18.2 Å². The molecule has 1 aliphatic rings. The van der Waals surface area contributed by atoms with E-state index in [9.17, 15) is 8.42 Å². The molecule has 0 saturated carbocycles. The number of sulfonamides is 1. The van der Waals surface area contributed by atoms with Crippen molar-refractivity contribution in [1.29, 1.82) is 0 Å². The van der Waals surface area contributed by atoms with Gasteiger partial charge in [0.1, 0.15) is 11.5 Å². The molecule has 2 N–H and O–H groups in total. The highest BCUT2D eigenvalue weighted by atomic mass is 35.5. The van der Waals surface area contributed by atoms with Gasteiger partial charge >= 0.3 is 11.9 Å². The first kappa shape index (κ1) is 26.4. The number of nitrogens with zero attached hydrogens (tertiary/aromatic N) is 2. The summed E-state index contributed by atoms with van der Waals surface area (Å²) in [5.41, 5.74) is 1.02. The minimum absolute atomic E-state index is 0.273. The van der Waals surface area contributed by atoms with E-state index in [2.05, 4.69) is 4.90 Å². The van der Waals surface area contributed by atoms with Crippen LogP contribution in [0.2, 0.25) is 5.02 Å². The van der Waals surface area contributed by atoms with Gasteiger partial charge in [0.05, 0.1) is 19.1 Å². The predicted octanol–water partition coefficient (Wildman–Crippen LogP) is 2.02. The molecule has 2 aromatic rings. The van der Waals surface area contributed by atoms with Gasteiger partial charge in [-0.1, -0.05) is 11.6 Å². The van der Waals surface area contributed by atoms with Gasteiger partial charge < -0.3 is 19.7 Å². The second kappa shape index (κ2) is 11.8. The zero-order valence-electron chi connectivity index (χ0n) is 18.1. The summed E-state index contributed by atoms with van der Waals surface area (Å²) in [5.74, 6) is -2.08. The van der Waals surface area contributed by atoms with E-state index in [0.717, 1.165) is 17.1 Å². The fourth-order valence-corrected chi connectivity index (χ4v) is 4.68. The van der Waals surface area contributed by atoms with Crippen molar-refractivity contribution < 1.29 is 37.7 Å². The molecule has 2 aromatic carbocycles. The Morgan fingerprint density at radius 2 is 1.52 bits per heavy atom. The number of halogens is 1. The first-order valence-electron chi connectivity index (χ1n) is 9.73. The molecule has 10 nitrogen and oxygen atoms in total. The lowest BCUT2D eigenvalue weighted by Gasteiger charge is -2.34. The lowest BCUT2D eigenvalue weighted by Crippen LogP contribution is -2.48. The van der Waals surface area contributed by atoms with Gasteiger partial charge in [-0.05, 0) is 42.5 Å². The van der Waals surface area contributed by atoms with Crippen molar-refractivity contribution in [2.24, 2.45) is 0 Å². The number of hydrogen-bond donors (Lipinski definition) is 2. The van der Waals surface area contributed by atoms with Crippen LogP contribution < -0.4 is 9.47 Å². The second-order valence-corrected chi connectivity index (χ2v) is 9.30. The Labute approximate surface area is 196 Å². The predicted molar refractivity (Wildman–Crippen MR) is 120 cm³/mol. The molecule has 0 radical (unpaired) electrons. The van der Waals surface area contributed by atoms with Crippen LogP contribution in [-0.4, -0.2) is 80.2 Å². The molecule has 180 valence electrons. The van der Waals surface area contributed by atoms with Crippen molar-refractivity contribution in [3.05, 3.63) is 53.1 Å². The third kappa shape index (κ3) is 7.32. The van der Waals surface area contributed by atoms with E-state index in [1.165, 1.54) is 4.31 Å². The smallest absolute Gasteiger partial charge is 0.414 e. The molecular weight excluding hydrogens is 476 g/mol. The van der Waals surface area contributed by atoms with E-state index in [1.54, 1.807) is 38.5 Å². The number of carboxylic acid groups (broad SMARTS) is 2. The van der Waals surface area contributed by atoms with Crippen LogP contribution in [0, 0.1) is 0 Å². The second-order valence-electron chi connectivity index (χ2n) is 6.92. The van der Waals surface area contributed by atoms with E-state index in [0.29, 0.717) is 37.7 Å². The van der Waals surface area contributed by atoms with Crippen LogP contribution in [-0.2, 0) is 26.2 Å². The van der Waals surface area contributed by atoms with Gasteiger partial charge in [0.2, 0.25) is 10.0 Å². The highest BCUT2D eigenvalue weighted by molar-refractivity contribution is 7.89. The van der Waals surface area contributed by atoms with Crippen molar-refractivity contribution in [3.8, 4) is 11.5 Å². The molecular formula is C21H25ClN2O8S. The lowest BCUT2D eigenvalue weighted by molar-refractivity contribution is -0.159. The SMILES string of the molecule is COc1ccc(OC)c(CN2CCN(S(=O)(=O)c3ccc(Cl)cc3)CC2)c1.O=C(O)C(=O)O. The van der Waals surface area contributed by atoms with Crippen LogP contribution in [0.1, 0.15) is 5.56 Å². The summed E-state index contributed by atoms with van der Waals surface area (Å²) >= 11 is 5.86. The monoisotopic (exact) mass is 500 g/mol. The largest absolute Gasteiger partial charge is 0.497 e. The van der Waals surface area contributed by atoms with Crippen LogP contribution in [0.25, 0.3) is 0 Å². The fourth-order valence-electron chi connectivity index (χ4n) is 3.13. The zero-order chi connectivity index (χ0) is 24.6. The Bertz CT molecular complexity index is 1060. The molecule has 1 fully saturated rings. The zero-order valence-corrected chi connectivity index (χ0v) is 19.7. The van der Waals surface area contributed by atoms with E-state index in [4.69, 9.17) is 40.9 Å². The molecule has 0 atom stereocenters. The maximum absolute atomic E-state index is 12.8. The first-order valence-corrected chi connectivity index (χ1v) is 11.6. The third-order valence-corrected chi connectivity index (χ3v) is 7.01. The van der Waals surface area contributed by atoms with Crippen LogP contribution in [0.15, 0.2) is 47.4 Å². The average Bonchev–Trinajstić information content (AvgIpc) is 2.80. The van der Waals surface area contributed by atoms with Gasteiger partial charge in [0, 0.05) is 43.3 Å². The number of hydrogen-bond acceptors (Lipinski definition) is 7. The van der Waals surface area contributed by atoms with Gasteiger partial charge in [-0.2, -0.15) is 4.31 Å². The Kier molecular flexibility index (Phi) is 9.47. The number of carbonyl (C=O) groups is 2. The quantitative estimate of drug-likeness (QED) is 0.571. The normalized spacial score (nSPS) is 14.6. The molecule has 0 aliphatic carbocycles. The van der Waals surface area contributed by atoms with Gasteiger partial charge in [0.15, 0.2) is 0 Å². The standard InChI is InChI=1S/C19H23ClN2O4S.C2H2O4/c1-25-17-5-8-19(26-2)15(13-17)14-21-9-11-22(12-10-21)27(23,24)18-6-3-16(20)4-7-18;3-1(4)2(5)6/h3-8,13H,9-12,14H2,1-2H3;(H,3,4)(H,5,6).